The highest BCUT2D eigenvalue weighted by atomic mass is 32.1. The van der Waals surface area contributed by atoms with Gasteiger partial charge in [-0.05, 0) is 29.7 Å². The molecule has 3 nitrogen and oxygen atoms in total. The van der Waals surface area contributed by atoms with E-state index < -0.39 is 6.10 Å². The molecule has 24 heavy (non-hydrogen) atoms. The predicted molar refractivity (Wildman–Crippen MR) is 103 cm³/mol. The highest BCUT2D eigenvalue weighted by molar-refractivity contribution is 7.80. The maximum atomic E-state index is 12.0. The van der Waals surface area contributed by atoms with Gasteiger partial charge >= 0.3 is 0 Å². The number of benzene rings is 2. The summed E-state index contributed by atoms with van der Waals surface area (Å²) in [5, 5.41) is 16.2. The van der Waals surface area contributed by atoms with Crippen LogP contribution in [0.2, 0.25) is 0 Å². The summed E-state index contributed by atoms with van der Waals surface area (Å²) < 4.78 is 0. The second-order valence-electron chi connectivity index (χ2n) is 6.68. The van der Waals surface area contributed by atoms with E-state index in [1.165, 1.54) is 10.8 Å². The molecule has 0 heterocycles. The summed E-state index contributed by atoms with van der Waals surface area (Å²) in [6.45, 7) is 5.66. The van der Waals surface area contributed by atoms with Gasteiger partial charge in [0.2, 0.25) is 0 Å². The van der Waals surface area contributed by atoms with Crippen LogP contribution in [0.15, 0.2) is 42.5 Å². The van der Waals surface area contributed by atoms with Crippen molar-refractivity contribution in [3.8, 4) is 0 Å². The summed E-state index contributed by atoms with van der Waals surface area (Å²) in [5.74, 6) is 0.0188. The van der Waals surface area contributed by atoms with Gasteiger partial charge in [0.1, 0.15) is 5.78 Å². The number of hydrogen-bond acceptors (Lipinski definition) is 4. The second-order valence-corrected chi connectivity index (χ2v) is 7.46. The average Bonchev–Trinajstić information content (AvgIpc) is 2.54. The fourth-order valence-corrected chi connectivity index (χ4v) is 3.10. The lowest BCUT2D eigenvalue weighted by Crippen LogP contribution is -2.45. The molecule has 0 saturated carbocycles. The number of aliphatic hydroxyl groups excluding tert-OH is 1. The third kappa shape index (κ3) is 5.07. The molecular formula is C20H27NO2S. The van der Waals surface area contributed by atoms with Crippen molar-refractivity contribution in [2.24, 2.45) is 5.92 Å². The number of thiol groups is 1. The summed E-state index contributed by atoms with van der Waals surface area (Å²) in [5.41, 5.74) is 1.16. The summed E-state index contributed by atoms with van der Waals surface area (Å²) in [6.07, 6.45) is 0.0906. The molecule has 2 rings (SSSR count). The van der Waals surface area contributed by atoms with Crippen molar-refractivity contribution in [3.63, 3.8) is 0 Å². The fraction of sp³-hybridized carbons (Fsp3) is 0.450. The molecule has 0 spiro atoms. The molecule has 0 bridgehead atoms. The Balaban J connectivity index is 2.23. The number of ketones is 1. The minimum Gasteiger partial charge on any atom is -0.391 e. The van der Waals surface area contributed by atoms with Crippen LogP contribution < -0.4 is 5.32 Å². The van der Waals surface area contributed by atoms with E-state index in [4.69, 9.17) is 0 Å². The van der Waals surface area contributed by atoms with Crippen LogP contribution in [0.4, 0.5) is 0 Å². The maximum Gasteiger partial charge on any atom is 0.138 e. The lowest BCUT2D eigenvalue weighted by molar-refractivity contribution is -0.124. The predicted octanol–water partition coefficient (Wildman–Crippen LogP) is 3.59. The van der Waals surface area contributed by atoms with E-state index in [1.807, 2.05) is 39.0 Å². The van der Waals surface area contributed by atoms with Crippen molar-refractivity contribution in [1.82, 2.24) is 5.32 Å². The summed E-state index contributed by atoms with van der Waals surface area (Å²) in [7, 11) is 0. The van der Waals surface area contributed by atoms with E-state index >= 15 is 0 Å². The average molecular weight is 346 g/mol. The molecular weight excluding hydrogens is 318 g/mol. The molecule has 0 fully saturated rings. The molecule has 4 heteroatoms. The molecule has 0 aliphatic rings. The van der Waals surface area contributed by atoms with Crippen LogP contribution in [-0.4, -0.2) is 28.4 Å². The van der Waals surface area contributed by atoms with Gasteiger partial charge in [-0.25, -0.2) is 0 Å². The van der Waals surface area contributed by atoms with Crippen molar-refractivity contribution in [2.75, 3.05) is 0 Å². The third-order valence-electron chi connectivity index (χ3n) is 4.29. The highest BCUT2D eigenvalue weighted by Crippen LogP contribution is 2.21. The van der Waals surface area contributed by atoms with Crippen molar-refractivity contribution in [3.05, 3.63) is 48.0 Å². The number of carbonyl (C=O) groups excluding carboxylic acids is 1. The molecule has 1 unspecified atom stereocenters. The molecule has 0 aliphatic heterocycles. The van der Waals surface area contributed by atoms with E-state index in [2.05, 4.69) is 42.2 Å². The van der Waals surface area contributed by atoms with Crippen LogP contribution in [0.1, 0.15) is 32.8 Å². The zero-order chi connectivity index (χ0) is 17.7. The Morgan fingerprint density at radius 2 is 1.79 bits per heavy atom. The highest BCUT2D eigenvalue weighted by Gasteiger charge is 2.24. The second kappa shape index (κ2) is 8.65. The van der Waals surface area contributed by atoms with Crippen molar-refractivity contribution < 1.29 is 9.90 Å². The largest absolute Gasteiger partial charge is 0.391 e. The first-order valence-electron chi connectivity index (χ1n) is 8.50. The van der Waals surface area contributed by atoms with E-state index in [0.717, 1.165) is 5.56 Å². The third-order valence-corrected chi connectivity index (χ3v) is 4.44. The Morgan fingerprint density at radius 1 is 1.12 bits per heavy atom. The van der Waals surface area contributed by atoms with Crippen LogP contribution >= 0.6 is 12.6 Å². The van der Waals surface area contributed by atoms with Crippen LogP contribution in [0.25, 0.3) is 10.8 Å². The van der Waals surface area contributed by atoms with Gasteiger partial charge < -0.3 is 10.4 Å². The molecule has 130 valence electrons. The molecule has 2 aromatic rings. The summed E-state index contributed by atoms with van der Waals surface area (Å²) in [6, 6.07) is 14.2. The first kappa shape index (κ1) is 19.0. The Labute approximate surface area is 149 Å². The standard InChI is InChI=1S/C20H27NO2S/c1-13(2)19(22)12-20(23)18(21-14(3)24)11-16-9-6-8-15-7-4-5-10-17(15)16/h4-10,13-14,18,20-21,23-24H,11-12H2,1-3H3/t14?,18-,20-/m0/s1. The topological polar surface area (TPSA) is 49.3 Å². The number of nitrogens with one attached hydrogen (secondary N) is 1. The van der Waals surface area contributed by atoms with Gasteiger partial charge in [0.25, 0.3) is 0 Å². The molecule has 0 amide bonds. The number of carbonyl (C=O) groups is 1. The number of hydrogen-bond donors (Lipinski definition) is 3. The van der Waals surface area contributed by atoms with Gasteiger partial charge in [0.15, 0.2) is 0 Å². The summed E-state index contributed by atoms with van der Waals surface area (Å²) in [4.78, 5) is 12.0. The number of Topliss-reactive ketones (excluding diaryl/α,β-unsaturated/α-hetero) is 1. The number of rotatable bonds is 8. The smallest absolute Gasteiger partial charge is 0.138 e. The van der Waals surface area contributed by atoms with E-state index in [1.54, 1.807) is 0 Å². The minimum absolute atomic E-state index is 0.0613. The van der Waals surface area contributed by atoms with Gasteiger partial charge in [0.05, 0.1) is 6.10 Å². The van der Waals surface area contributed by atoms with Gasteiger partial charge in [0, 0.05) is 23.8 Å². The molecule has 3 atom stereocenters. The molecule has 0 aromatic heterocycles. The van der Waals surface area contributed by atoms with Crippen LogP contribution in [0.5, 0.6) is 0 Å². The first-order chi connectivity index (χ1) is 11.4. The Hall–Kier alpha value is -1.36. The lowest BCUT2D eigenvalue weighted by atomic mass is 9.92. The summed E-state index contributed by atoms with van der Waals surface area (Å²) >= 11 is 4.40. The SMILES string of the molecule is CC(S)N[C@@H](Cc1cccc2ccccc12)[C@@H](O)CC(=O)C(C)C. The zero-order valence-corrected chi connectivity index (χ0v) is 15.5. The minimum atomic E-state index is -0.728. The Kier molecular flexibility index (Phi) is 6.84. The van der Waals surface area contributed by atoms with Gasteiger partial charge in [-0.1, -0.05) is 56.3 Å². The van der Waals surface area contributed by atoms with E-state index in [9.17, 15) is 9.90 Å². The van der Waals surface area contributed by atoms with Crippen molar-refractivity contribution in [1.29, 1.82) is 0 Å². The quantitative estimate of drug-likeness (QED) is 0.506. The van der Waals surface area contributed by atoms with E-state index in [-0.39, 0.29) is 29.5 Å². The normalized spacial score (nSPS) is 15.4. The van der Waals surface area contributed by atoms with Gasteiger partial charge in [-0.2, -0.15) is 12.6 Å². The van der Waals surface area contributed by atoms with Gasteiger partial charge in [-0.15, -0.1) is 0 Å². The van der Waals surface area contributed by atoms with Crippen molar-refractivity contribution in [2.45, 2.75) is 51.1 Å². The monoisotopic (exact) mass is 345 g/mol. The van der Waals surface area contributed by atoms with Crippen LogP contribution in [0.3, 0.4) is 0 Å². The number of aliphatic hydroxyl groups is 1. The molecule has 0 aliphatic carbocycles. The first-order valence-corrected chi connectivity index (χ1v) is 9.01. The zero-order valence-electron chi connectivity index (χ0n) is 14.6. The Morgan fingerprint density at radius 3 is 2.46 bits per heavy atom. The number of fused-ring (bicyclic) bond motifs is 1. The van der Waals surface area contributed by atoms with Crippen LogP contribution in [-0.2, 0) is 11.2 Å². The van der Waals surface area contributed by atoms with Gasteiger partial charge in [-0.3, -0.25) is 4.79 Å². The molecule has 0 saturated heterocycles. The fourth-order valence-electron chi connectivity index (χ4n) is 2.91. The van der Waals surface area contributed by atoms with Crippen molar-refractivity contribution >= 4 is 29.2 Å². The Bertz CT molecular complexity index is 679. The maximum absolute atomic E-state index is 12.0. The lowest BCUT2D eigenvalue weighted by Gasteiger charge is -2.26. The van der Waals surface area contributed by atoms with Crippen LogP contribution in [0, 0.1) is 5.92 Å². The molecule has 0 radical (unpaired) electrons. The molecule has 2 aromatic carbocycles. The van der Waals surface area contributed by atoms with E-state index in [0.29, 0.717) is 6.42 Å². The molecule has 2 N–H and O–H groups in total.